The van der Waals surface area contributed by atoms with Gasteiger partial charge in [-0.1, -0.05) is 25.9 Å². The number of nitrogens with zero attached hydrogens (tertiary/aromatic N) is 1. The van der Waals surface area contributed by atoms with Crippen LogP contribution in [0.1, 0.15) is 65.1 Å². The van der Waals surface area contributed by atoms with Crippen LogP contribution in [0.4, 0.5) is 10.6 Å². The first kappa shape index (κ1) is 15.0. The molecule has 4 bridgehead atoms. The molecule has 5 rings (SSSR count). The van der Waals surface area contributed by atoms with Crippen molar-refractivity contribution in [2.45, 2.75) is 70.3 Å². The van der Waals surface area contributed by atoms with Crippen LogP contribution in [-0.4, -0.2) is 16.7 Å². The zero-order chi connectivity index (χ0) is 16.2. The van der Waals surface area contributed by atoms with Crippen molar-refractivity contribution in [1.82, 2.24) is 10.5 Å². The summed E-state index contributed by atoms with van der Waals surface area (Å²) < 4.78 is 5.33. The number of hydrogen-bond acceptors (Lipinski definition) is 3. The van der Waals surface area contributed by atoms with Crippen LogP contribution in [-0.2, 0) is 5.41 Å². The van der Waals surface area contributed by atoms with Gasteiger partial charge in [0.2, 0.25) is 0 Å². The van der Waals surface area contributed by atoms with E-state index in [9.17, 15) is 4.79 Å². The zero-order valence-corrected chi connectivity index (χ0v) is 14.3. The van der Waals surface area contributed by atoms with Crippen molar-refractivity contribution >= 4 is 11.8 Å². The molecule has 4 saturated carbocycles. The molecule has 2 amide bonds. The summed E-state index contributed by atoms with van der Waals surface area (Å²) in [6.07, 6.45) is 7.58. The van der Waals surface area contributed by atoms with Crippen LogP contribution in [0, 0.1) is 17.8 Å². The number of nitrogens with one attached hydrogen (secondary N) is 2. The van der Waals surface area contributed by atoms with Crippen LogP contribution in [0.3, 0.4) is 0 Å². The summed E-state index contributed by atoms with van der Waals surface area (Å²) in [6, 6.07) is 1.68. The third-order valence-electron chi connectivity index (χ3n) is 5.91. The van der Waals surface area contributed by atoms with Crippen molar-refractivity contribution in [3.63, 3.8) is 0 Å². The quantitative estimate of drug-likeness (QED) is 0.864. The predicted molar refractivity (Wildman–Crippen MR) is 88.3 cm³/mol. The normalized spacial score (nSPS) is 35.3. The molecule has 4 aliphatic rings. The van der Waals surface area contributed by atoms with E-state index in [1.807, 2.05) is 6.07 Å². The van der Waals surface area contributed by atoms with Crippen LogP contribution >= 0.6 is 0 Å². The molecule has 2 N–H and O–H groups in total. The fourth-order valence-electron chi connectivity index (χ4n) is 5.34. The number of carbonyl (C=O) groups excluding carboxylic acids is 1. The molecule has 5 heteroatoms. The van der Waals surface area contributed by atoms with E-state index in [0.717, 1.165) is 42.8 Å². The lowest BCUT2D eigenvalue weighted by atomic mass is 9.53. The first-order valence-electron chi connectivity index (χ1n) is 8.88. The van der Waals surface area contributed by atoms with E-state index in [4.69, 9.17) is 4.52 Å². The van der Waals surface area contributed by atoms with E-state index in [2.05, 4.69) is 36.6 Å². The Morgan fingerprint density at radius 2 is 1.74 bits per heavy atom. The van der Waals surface area contributed by atoms with Crippen LogP contribution < -0.4 is 10.6 Å². The summed E-state index contributed by atoms with van der Waals surface area (Å²) in [5, 5.41) is 10.1. The summed E-state index contributed by atoms with van der Waals surface area (Å²) in [6.45, 7) is 6.19. The molecule has 0 radical (unpaired) electrons. The smallest absolute Gasteiger partial charge is 0.320 e. The molecule has 4 fully saturated rings. The van der Waals surface area contributed by atoms with Crippen molar-refractivity contribution in [2.75, 3.05) is 5.32 Å². The van der Waals surface area contributed by atoms with Crippen molar-refractivity contribution in [1.29, 1.82) is 0 Å². The summed E-state index contributed by atoms with van der Waals surface area (Å²) in [7, 11) is 0. The third kappa shape index (κ3) is 2.86. The fourth-order valence-corrected chi connectivity index (χ4v) is 5.34. The highest BCUT2D eigenvalue weighted by Crippen LogP contribution is 2.55. The lowest BCUT2D eigenvalue weighted by Crippen LogP contribution is -2.60. The largest absolute Gasteiger partial charge is 0.359 e. The lowest BCUT2D eigenvalue weighted by Gasteiger charge is -2.56. The number of urea groups is 1. The molecule has 0 saturated heterocycles. The van der Waals surface area contributed by atoms with Crippen LogP contribution in [0.15, 0.2) is 10.6 Å². The van der Waals surface area contributed by atoms with Gasteiger partial charge in [0.1, 0.15) is 5.76 Å². The minimum absolute atomic E-state index is 0.0232. The first-order valence-corrected chi connectivity index (χ1v) is 8.88. The molecular formula is C18H27N3O2. The predicted octanol–water partition coefficient (Wildman–Crippen LogP) is 4.06. The number of amides is 2. The molecule has 0 atom stereocenters. The second kappa shape index (κ2) is 4.99. The van der Waals surface area contributed by atoms with E-state index < -0.39 is 0 Å². The molecule has 23 heavy (non-hydrogen) atoms. The Morgan fingerprint density at radius 3 is 2.22 bits per heavy atom. The minimum Gasteiger partial charge on any atom is -0.359 e. The molecule has 1 aromatic heterocycles. The molecule has 0 aliphatic heterocycles. The van der Waals surface area contributed by atoms with Crippen molar-refractivity contribution < 1.29 is 9.32 Å². The van der Waals surface area contributed by atoms with Gasteiger partial charge < -0.3 is 9.84 Å². The van der Waals surface area contributed by atoms with Gasteiger partial charge in [-0.2, -0.15) is 0 Å². The molecule has 126 valence electrons. The maximum absolute atomic E-state index is 12.5. The maximum Gasteiger partial charge on any atom is 0.320 e. The van der Waals surface area contributed by atoms with E-state index in [0.29, 0.717) is 5.82 Å². The van der Waals surface area contributed by atoms with E-state index in [1.165, 1.54) is 19.3 Å². The van der Waals surface area contributed by atoms with Gasteiger partial charge in [-0.15, -0.1) is 0 Å². The van der Waals surface area contributed by atoms with E-state index >= 15 is 0 Å². The zero-order valence-electron chi connectivity index (χ0n) is 14.3. The molecule has 1 heterocycles. The first-order chi connectivity index (χ1) is 10.8. The Balaban J connectivity index is 1.41. The minimum atomic E-state index is -0.138. The van der Waals surface area contributed by atoms with Gasteiger partial charge in [0.15, 0.2) is 5.82 Å². The number of hydrogen-bond donors (Lipinski definition) is 2. The highest BCUT2D eigenvalue weighted by molar-refractivity contribution is 5.88. The summed E-state index contributed by atoms with van der Waals surface area (Å²) in [5.41, 5.74) is -0.0846. The standard InChI is InChI=1S/C18H27N3O2/c1-17(2,3)14-7-15(21-23-14)19-16(22)20-18-8-11-4-12(9-18)6-13(5-11)10-18/h7,11-13H,4-6,8-10H2,1-3H3,(H2,19,20,21,22). The Hall–Kier alpha value is -1.52. The Labute approximate surface area is 137 Å². The van der Waals surface area contributed by atoms with Gasteiger partial charge in [0.05, 0.1) is 0 Å². The SMILES string of the molecule is CC(C)(C)c1cc(NC(=O)NC23CC4CC(CC(C4)C2)C3)no1. The van der Waals surface area contributed by atoms with Crippen molar-refractivity contribution in [3.05, 3.63) is 11.8 Å². The average Bonchev–Trinajstić information content (AvgIpc) is 2.84. The average molecular weight is 317 g/mol. The highest BCUT2D eigenvalue weighted by Gasteiger charge is 2.51. The Morgan fingerprint density at radius 1 is 1.17 bits per heavy atom. The molecule has 0 spiro atoms. The van der Waals surface area contributed by atoms with E-state index in [1.54, 1.807) is 0 Å². The molecule has 1 aromatic rings. The van der Waals surface area contributed by atoms with E-state index in [-0.39, 0.29) is 17.0 Å². The Kier molecular flexibility index (Phi) is 3.26. The van der Waals surface area contributed by atoms with Gasteiger partial charge in [0.25, 0.3) is 0 Å². The molecule has 4 aliphatic carbocycles. The number of rotatable bonds is 2. The summed E-state index contributed by atoms with van der Waals surface area (Å²) >= 11 is 0. The van der Waals surface area contributed by atoms with Gasteiger partial charge >= 0.3 is 6.03 Å². The second-order valence-electron chi connectivity index (χ2n) is 9.10. The van der Waals surface area contributed by atoms with Gasteiger partial charge in [-0.05, 0) is 56.3 Å². The summed E-state index contributed by atoms with van der Waals surface area (Å²) in [4.78, 5) is 12.5. The maximum atomic E-state index is 12.5. The number of aromatic nitrogens is 1. The van der Waals surface area contributed by atoms with Crippen LogP contribution in [0.25, 0.3) is 0 Å². The summed E-state index contributed by atoms with van der Waals surface area (Å²) in [5.74, 6) is 3.74. The molecule has 0 aromatic carbocycles. The van der Waals surface area contributed by atoms with Gasteiger partial charge in [0, 0.05) is 17.0 Å². The highest BCUT2D eigenvalue weighted by atomic mass is 16.5. The Bertz CT molecular complexity index is 579. The van der Waals surface area contributed by atoms with Crippen molar-refractivity contribution in [2.24, 2.45) is 17.8 Å². The van der Waals surface area contributed by atoms with Crippen LogP contribution in [0.2, 0.25) is 0 Å². The number of anilines is 1. The monoisotopic (exact) mass is 317 g/mol. The third-order valence-corrected chi connectivity index (χ3v) is 5.91. The topological polar surface area (TPSA) is 67.2 Å². The molecule has 0 unspecified atom stereocenters. The number of carbonyl (C=O) groups is 1. The van der Waals surface area contributed by atoms with Crippen LogP contribution in [0.5, 0.6) is 0 Å². The molecule has 5 nitrogen and oxygen atoms in total. The van der Waals surface area contributed by atoms with Gasteiger partial charge in [-0.25, -0.2) is 4.79 Å². The van der Waals surface area contributed by atoms with Gasteiger partial charge in [-0.3, -0.25) is 5.32 Å². The van der Waals surface area contributed by atoms with Crippen molar-refractivity contribution in [3.8, 4) is 0 Å². The molecular weight excluding hydrogens is 290 g/mol. The second-order valence-corrected chi connectivity index (χ2v) is 9.10. The fraction of sp³-hybridized carbons (Fsp3) is 0.778. The lowest BCUT2D eigenvalue weighted by molar-refractivity contribution is -0.0127.